The van der Waals surface area contributed by atoms with Crippen molar-refractivity contribution in [2.75, 3.05) is 62.3 Å². The summed E-state index contributed by atoms with van der Waals surface area (Å²) in [5, 5.41) is 7.65. The molecule has 2 aromatic heterocycles. The molecule has 5 rings (SSSR count). The molecule has 3 aromatic rings. The van der Waals surface area contributed by atoms with Gasteiger partial charge >= 0.3 is 0 Å². The van der Waals surface area contributed by atoms with Gasteiger partial charge in [-0.2, -0.15) is 0 Å². The van der Waals surface area contributed by atoms with Crippen molar-refractivity contribution in [1.29, 1.82) is 0 Å². The lowest BCUT2D eigenvalue weighted by atomic mass is 10.0. The number of nitrogens with zero attached hydrogens (tertiary/aromatic N) is 3. The van der Waals surface area contributed by atoms with Gasteiger partial charge in [-0.15, -0.1) is 0 Å². The predicted molar refractivity (Wildman–Crippen MR) is 136 cm³/mol. The van der Waals surface area contributed by atoms with E-state index in [1.165, 1.54) is 0 Å². The van der Waals surface area contributed by atoms with Gasteiger partial charge in [-0.3, -0.25) is 15.1 Å². The number of rotatable bonds is 7. The summed E-state index contributed by atoms with van der Waals surface area (Å²) in [6.07, 6.45) is 1.79. The van der Waals surface area contributed by atoms with E-state index in [2.05, 4.69) is 27.4 Å². The number of piperazine rings is 1. The number of anilines is 2. The van der Waals surface area contributed by atoms with E-state index in [1.54, 1.807) is 0 Å². The molecule has 2 fully saturated rings. The third-order valence-electron chi connectivity index (χ3n) is 6.52. The fourth-order valence-corrected chi connectivity index (χ4v) is 5.01. The standard InChI is InChI=1S/C26H33N5O4/c1-3-27-25-22(18-8-5-6-11-28-18)31(13-12-29-25)19-9-7-10-20-21(19)23(32)24(34-4-2)26(35-20)30-14-16-33-17-15-30/h5-11,22,25,27,29H,3-4,12-17H2,1-2H3. The van der Waals surface area contributed by atoms with Crippen molar-refractivity contribution in [3.63, 3.8) is 0 Å². The monoisotopic (exact) mass is 479 g/mol. The van der Waals surface area contributed by atoms with E-state index in [0.29, 0.717) is 49.8 Å². The Kier molecular flexibility index (Phi) is 7.17. The molecule has 2 aliphatic rings. The number of morpholine rings is 1. The van der Waals surface area contributed by atoms with Crippen LogP contribution in [-0.2, 0) is 4.74 Å². The van der Waals surface area contributed by atoms with Crippen molar-refractivity contribution in [3.8, 4) is 5.75 Å². The highest BCUT2D eigenvalue weighted by molar-refractivity contribution is 5.93. The molecule has 2 aliphatic heterocycles. The van der Waals surface area contributed by atoms with Crippen LogP contribution in [-0.4, -0.2) is 63.7 Å². The number of likely N-dealkylation sites (N-methyl/N-ethyl adjacent to an activating group) is 1. The van der Waals surface area contributed by atoms with Crippen LogP contribution in [0, 0.1) is 0 Å². The van der Waals surface area contributed by atoms with Crippen molar-refractivity contribution in [2.24, 2.45) is 0 Å². The zero-order chi connectivity index (χ0) is 24.2. The van der Waals surface area contributed by atoms with Crippen LogP contribution in [0.4, 0.5) is 11.6 Å². The summed E-state index contributed by atoms with van der Waals surface area (Å²) in [6.45, 7) is 9.13. The zero-order valence-corrected chi connectivity index (χ0v) is 20.3. The maximum atomic E-state index is 14.0. The lowest BCUT2D eigenvalue weighted by Crippen LogP contribution is -2.59. The number of aromatic nitrogens is 1. The van der Waals surface area contributed by atoms with Gasteiger partial charge in [-0.25, -0.2) is 0 Å². The molecule has 0 bridgehead atoms. The molecule has 0 saturated carbocycles. The van der Waals surface area contributed by atoms with E-state index in [4.69, 9.17) is 13.9 Å². The van der Waals surface area contributed by atoms with E-state index in [9.17, 15) is 4.79 Å². The zero-order valence-electron chi connectivity index (χ0n) is 20.3. The van der Waals surface area contributed by atoms with Gasteiger partial charge in [-0.1, -0.05) is 19.1 Å². The Hall–Kier alpha value is -3.14. The summed E-state index contributed by atoms with van der Waals surface area (Å²) >= 11 is 0. The van der Waals surface area contributed by atoms with Gasteiger partial charge in [0.1, 0.15) is 5.58 Å². The Bertz CT molecular complexity index is 1190. The average molecular weight is 480 g/mol. The summed E-state index contributed by atoms with van der Waals surface area (Å²) in [6, 6.07) is 11.6. The fourth-order valence-electron chi connectivity index (χ4n) is 5.01. The molecule has 35 heavy (non-hydrogen) atoms. The number of benzene rings is 1. The Morgan fingerprint density at radius 2 is 2.00 bits per heavy atom. The first kappa shape index (κ1) is 23.6. The minimum atomic E-state index is -0.150. The van der Waals surface area contributed by atoms with Gasteiger partial charge in [0.25, 0.3) is 0 Å². The molecule has 9 nitrogen and oxygen atoms in total. The molecule has 2 unspecified atom stereocenters. The van der Waals surface area contributed by atoms with Gasteiger partial charge in [-0.05, 0) is 37.7 Å². The highest BCUT2D eigenvalue weighted by Gasteiger charge is 2.35. The normalized spacial score (nSPS) is 20.9. The Morgan fingerprint density at radius 3 is 2.74 bits per heavy atom. The molecule has 1 aromatic carbocycles. The molecule has 0 aliphatic carbocycles. The molecule has 0 amide bonds. The van der Waals surface area contributed by atoms with Gasteiger partial charge in [0, 0.05) is 32.4 Å². The molecule has 186 valence electrons. The number of pyridine rings is 1. The van der Waals surface area contributed by atoms with Crippen LogP contribution in [0.25, 0.3) is 11.0 Å². The van der Waals surface area contributed by atoms with Crippen molar-refractivity contribution >= 4 is 22.5 Å². The van der Waals surface area contributed by atoms with Crippen LogP contribution in [0.2, 0.25) is 0 Å². The van der Waals surface area contributed by atoms with Crippen LogP contribution in [0.5, 0.6) is 5.75 Å². The summed E-state index contributed by atoms with van der Waals surface area (Å²) in [5.74, 6) is 0.749. The minimum absolute atomic E-state index is 0.0232. The van der Waals surface area contributed by atoms with Crippen LogP contribution in [0.3, 0.4) is 0 Å². The lowest BCUT2D eigenvalue weighted by Gasteiger charge is -2.43. The van der Waals surface area contributed by atoms with Crippen LogP contribution in [0.15, 0.2) is 51.8 Å². The van der Waals surface area contributed by atoms with Gasteiger partial charge in [0.05, 0.1) is 48.8 Å². The third-order valence-corrected chi connectivity index (χ3v) is 6.52. The second kappa shape index (κ2) is 10.6. The smallest absolute Gasteiger partial charge is 0.243 e. The SMILES string of the molecule is CCNC1NCCN(c2cccc3oc(N4CCOCC4)c(OCC)c(=O)c23)C1c1ccccn1. The first-order chi connectivity index (χ1) is 17.2. The third kappa shape index (κ3) is 4.59. The van der Waals surface area contributed by atoms with Crippen LogP contribution in [0.1, 0.15) is 25.6 Å². The number of hydrogen-bond acceptors (Lipinski definition) is 9. The van der Waals surface area contributed by atoms with Crippen molar-refractivity contribution in [2.45, 2.75) is 26.1 Å². The molecule has 2 atom stereocenters. The van der Waals surface area contributed by atoms with Crippen molar-refractivity contribution in [1.82, 2.24) is 15.6 Å². The molecular weight excluding hydrogens is 446 g/mol. The largest absolute Gasteiger partial charge is 0.485 e. The highest BCUT2D eigenvalue weighted by Crippen LogP contribution is 2.37. The van der Waals surface area contributed by atoms with Crippen LogP contribution >= 0.6 is 0 Å². The molecule has 0 radical (unpaired) electrons. The summed E-state index contributed by atoms with van der Waals surface area (Å²) in [5.41, 5.74) is 2.16. The molecule has 9 heteroatoms. The first-order valence-electron chi connectivity index (χ1n) is 12.4. The number of ether oxygens (including phenoxy) is 2. The van der Waals surface area contributed by atoms with E-state index in [0.717, 1.165) is 31.0 Å². The number of fused-ring (bicyclic) bond motifs is 1. The number of nitrogens with one attached hydrogen (secondary N) is 2. The second-order valence-electron chi connectivity index (χ2n) is 8.63. The summed E-state index contributed by atoms with van der Waals surface area (Å²) in [4.78, 5) is 22.9. The number of hydrogen-bond donors (Lipinski definition) is 2. The molecule has 2 saturated heterocycles. The summed E-state index contributed by atoms with van der Waals surface area (Å²) in [7, 11) is 0. The predicted octanol–water partition coefficient (Wildman–Crippen LogP) is 2.51. The Balaban J connectivity index is 1.66. The van der Waals surface area contributed by atoms with Gasteiger partial charge in [0.15, 0.2) is 0 Å². The van der Waals surface area contributed by atoms with Crippen molar-refractivity contribution < 1.29 is 13.9 Å². The molecule has 0 spiro atoms. The van der Waals surface area contributed by atoms with E-state index in [-0.39, 0.29) is 23.4 Å². The fraction of sp³-hybridized carbons (Fsp3) is 0.462. The quantitative estimate of drug-likeness (QED) is 0.530. The second-order valence-corrected chi connectivity index (χ2v) is 8.63. The average Bonchev–Trinajstić information content (AvgIpc) is 2.91. The van der Waals surface area contributed by atoms with Crippen LogP contribution < -0.4 is 30.6 Å². The minimum Gasteiger partial charge on any atom is -0.485 e. The Morgan fingerprint density at radius 1 is 1.14 bits per heavy atom. The van der Waals surface area contributed by atoms with Gasteiger partial charge in [0.2, 0.25) is 17.1 Å². The van der Waals surface area contributed by atoms with Crippen molar-refractivity contribution in [3.05, 3.63) is 58.5 Å². The van der Waals surface area contributed by atoms with E-state index in [1.807, 2.05) is 54.4 Å². The Labute approximate surface area is 205 Å². The molecule has 4 heterocycles. The molecular formula is C26H33N5O4. The topological polar surface area (TPSA) is 92.1 Å². The summed E-state index contributed by atoms with van der Waals surface area (Å²) < 4.78 is 17.8. The van der Waals surface area contributed by atoms with E-state index >= 15 is 0 Å². The van der Waals surface area contributed by atoms with E-state index < -0.39 is 0 Å². The lowest BCUT2D eigenvalue weighted by molar-refractivity contribution is 0.120. The highest BCUT2D eigenvalue weighted by atomic mass is 16.5. The first-order valence-corrected chi connectivity index (χ1v) is 12.4. The van der Waals surface area contributed by atoms with Gasteiger partial charge < -0.3 is 29.0 Å². The maximum absolute atomic E-state index is 14.0. The maximum Gasteiger partial charge on any atom is 0.243 e. The molecule has 2 N–H and O–H groups in total.